The molecule has 1 saturated carbocycles. The van der Waals surface area contributed by atoms with Crippen LogP contribution in [0.4, 0.5) is 9.80 Å². The fourth-order valence-electron chi connectivity index (χ4n) is 6.01. The molecule has 2 aliphatic heterocycles. The lowest BCUT2D eigenvalue weighted by Crippen LogP contribution is -2.37. The summed E-state index contributed by atoms with van der Waals surface area (Å²) >= 11 is 3.06. The minimum absolute atomic E-state index is 0.0345. The van der Waals surface area contributed by atoms with Gasteiger partial charge in [0.2, 0.25) is 5.91 Å². The van der Waals surface area contributed by atoms with Crippen molar-refractivity contribution < 1.29 is 14.7 Å². The molecule has 11 heteroatoms. The van der Waals surface area contributed by atoms with Crippen LogP contribution in [0.2, 0.25) is 0 Å². The number of hydrogen-bond acceptors (Lipinski definition) is 8. The predicted molar refractivity (Wildman–Crippen MR) is 142 cm³/mol. The normalized spacial score (nSPS) is 25.2. The Morgan fingerprint density at radius 2 is 2.06 bits per heavy atom. The van der Waals surface area contributed by atoms with Crippen LogP contribution < -0.4 is 16.0 Å². The molecule has 4 N–H and O–H groups in total. The van der Waals surface area contributed by atoms with Crippen LogP contribution in [0.5, 0.6) is 0 Å². The zero-order valence-electron chi connectivity index (χ0n) is 20.1. The number of nitrogens with one attached hydrogen (secondary N) is 3. The second-order valence-electron chi connectivity index (χ2n) is 10.0. The molecule has 36 heavy (non-hydrogen) atoms. The number of anilines is 1. The number of amides is 2. The third-order valence-electron chi connectivity index (χ3n) is 7.83. The van der Waals surface area contributed by atoms with Crippen molar-refractivity contribution in [1.82, 2.24) is 25.5 Å². The van der Waals surface area contributed by atoms with Crippen molar-refractivity contribution in [2.45, 2.75) is 44.7 Å². The Morgan fingerprint density at radius 1 is 1.25 bits per heavy atom. The minimum atomic E-state index is -0.919. The number of carbonyl (C=O) groups excluding carboxylic acids is 1. The lowest BCUT2D eigenvalue weighted by atomic mass is 9.98. The first-order chi connectivity index (χ1) is 17.5. The smallest absolute Gasteiger partial charge is 0.407 e. The maximum atomic E-state index is 13.0. The Hall–Kier alpha value is -2.60. The van der Waals surface area contributed by atoms with Crippen molar-refractivity contribution in [3.05, 3.63) is 28.9 Å². The molecule has 2 fully saturated rings. The number of hydrogen-bond donors (Lipinski definition) is 4. The van der Waals surface area contributed by atoms with Gasteiger partial charge in [-0.15, -0.1) is 22.7 Å². The molecule has 4 atom stereocenters. The molecule has 2 unspecified atom stereocenters. The Morgan fingerprint density at radius 3 is 2.81 bits per heavy atom. The third kappa shape index (κ3) is 4.38. The van der Waals surface area contributed by atoms with Gasteiger partial charge in [-0.25, -0.2) is 9.78 Å². The second kappa shape index (κ2) is 9.70. The van der Waals surface area contributed by atoms with Gasteiger partial charge in [0.25, 0.3) is 0 Å². The van der Waals surface area contributed by atoms with Crippen molar-refractivity contribution in [2.75, 3.05) is 31.5 Å². The van der Waals surface area contributed by atoms with Crippen molar-refractivity contribution in [3.8, 4) is 10.6 Å². The molecule has 190 valence electrons. The molecule has 2 amide bonds. The van der Waals surface area contributed by atoms with E-state index >= 15 is 0 Å². The third-order valence-corrected chi connectivity index (χ3v) is 10.2. The monoisotopic (exact) mass is 526 g/mol. The zero-order chi connectivity index (χ0) is 24.8. The fourth-order valence-corrected chi connectivity index (χ4v) is 8.42. The average molecular weight is 527 g/mol. The van der Waals surface area contributed by atoms with Gasteiger partial charge < -0.3 is 26.0 Å². The van der Waals surface area contributed by atoms with Crippen LogP contribution in [0.3, 0.4) is 0 Å². The van der Waals surface area contributed by atoms with Gasteiger partial charge in [-0.1, -0.05) is 0 Å². The lowest BCUT2D eigenvalue weighted by molar-refractivity contribution is -0.116. The van der Waals surface area contributed by atoms with E-state index in [1.165, 1.54) is 29.1 Å². The van der Waals surface area contributed by atoms with Gasteiger partial charge >= 0.3 is 6.09 Å². The van der Waals surface area contributed by atoms with Crippen LogP contribution in [0.15, 0.2) is 18.5 Å². The first-order valence-electron chi connectivity index (χ1n) is 12.6. The Bertz CT molecular complexity index is 1260. The summed E-state index contributed by atoms with van der Waals surface area (Å²) in [6.45, 7) is 5.23. The van der Waals surface area contributed by atoms with Crippen LogP contribution >= 0.6 is 22.7 Å². The summed E-state index contributed by atoms with van der Waals surface area (Å²) in [6, 6.07) is 2.18. The van der Waals surface area contributed by atoms with E-state index in [0.29, 0.717) is 32.0 Å². The van der Waals surface area contributed by atoms with Crippen LogP contribution in [-0.2, 0) is 11.2 Å². The van der Waals surface area contributed by atoms with Crippen LogP contribution in [0.25, 0.3) is 20.8 Å². The number of thiazole rings is 1. The molecule has 6 rings (SSSR count). The van der Waals surface area contributed by atoms with E-state index in [0.717, 1.165) is 61.2 Å². The SMILES string of the molecule is CC1c2sc(NC(=O)CCNC3C[C@H]4CNC[C@H]4C3)c(-c3nc4cnccc4s3)c2CCN1C(=O)O. The molecule has 0 aromatic carbocycles. The summed E-state index contributed by atoms with van der Waals surface area (Å²) in [6.07, 6.45) is 5.95. The number of fused-ring (bicyclic) bond motifs is 3. The summed E-state index contributed by atoms with van der Waals surface area (Å²) in [5, 5.41) is 21.5. The van der Waals surface area contributed by atoms with Gasteiger partial charge in [-0.05, 0) is 62.7 Å². The minimum Gasteiger partial charge on any atom is -0.465 e. The molecule has 3 aromatic heterocycles. The van der Waals surface area contributed by atoms with Gasteiger partial charge in [0.05, 0.1) is 16.9 Å². The van der Waals surface area contributed by atoms with E-state index in [2.05, 4.69) is 20.9 Å². The number of rotatable bonds is 6. The Labute approximate surface area is 217 Å². The summed E-state index contributed by atoms with van der Waals surface area (Å²) < 4.78 is 1.04. The summed E-state index contributed by atoms with van der Waals surface area (Å²) in [7, 11) is 0. The molecule has 9 nitrogen and oxygen atoms in total. The predicted octanol–water partition coefficient (Wildman–Crippen LogP) is 3.93. The quantitative estimate of drug-likeness (QED) is 0.384. The molecule has 0 radical (unpaired) electrons. The molecular weight excluding hydrogens is 496 g/mol. The van der Waals surface area contributed by atoms with Crippen molar-refractivity contribution in [3.63, 3.8) is 0 Å². The van der Waals surface area contributed by atoms with Gasteiger partial charge in [0.15, 0.2) is 0 Å². The fraction of sp³-hybridized carbons (Fsp3) is 0.520. The highest BCUT2D eigenvalue weighted by Gasteiger charge is 2.37. The topological polar surface area (TPSA) is 119 Å². The standard InChI is InChI=1S/C25H30N6O3S2/c1-13-22-17(4-7-31(13)25(33)34)21(23-29-18-12-26-5-2-19(18)35-23)24(36-22)30-20(32)3-6-28-16-8-14-10-27-11-15(14)9-16/h2,5,12-16,27-28H,3-4,6-11H2,1H3,(H,30,32)(H,33,34)/t13?,14-,15+,16?. The summed E-state index contributed by atoms with van der Waals surface area (Å²) in [5.41, 5.74) is 2.86. The molecule has 0 spiro atoms. The summed E-state index contributed by atoms with van der Waals surface area (Å²) in [5.74, 6) is 1.51. The molecule has 0 bridgehead atoms. The Kier molecular flexibility index (Phi) is 6.40. The van der Waals surface area contributed by atoms with Crippen LogP contribution in [-0.4, -0.2) is 64.2 Å². The lowest BCUT2D eigenvalue weighted by Gasteiger charge is -2.31. The number of carbonyl (C=O) groups is 2. The Balaban J connectivity index is 1.21. The highest BCUT2D eigenvalue weighted by molar-refractivity contribution is 7.23. The van der Waals surface area contributed by atoms with E-state index in [1.54, 1.807) is 23.7 Å². The van der Waals surface area contributed by atoms with Gasteiger partial charge in [-0.2, -0.15) is 0 Å². The molecule has 3 aliphatic rings. The van der Waals surface area contributed by atoms with Crippen molar-refractivity contribution >= 4 is 49.9 Å². The number of thiophene rings is 1. The van der Waals surface area contributed by atoms with Crippen molar-refractivity contribution in [1.29, 1.82) is 0 Å². The zero-order valence-corrected chi connectivity index (χ0v) is 21.8. The highest BCUT2D eigenvalue weighted by Crippen LogP contribution is 2.48. The molecule has 1 saturated heterocycles. The van der Waals surface area contributed by atoms with Crippen LogP contribution in [0.1, 0.15) is 42.7 Å². The van der Waals surface area contributed by atoms with Crippen LogP contribution in [0, 0.1) is 11.8 Å². The van der Waals surface area contributed by atoms with Gasteiger partial charge in [-0.3, -0.25) is 9.78 Å². The molecular formula is C25H30N6O3S2. The molecule has 3 aromatic rings. The maximum absolute atomic E-state index is 13.0. The van der Waals surface area contributed by atoms with E-state index < -0.39 is 6.09 Å². The maximum Gasteiger partial charge on any atom is 0.407 e. The first-order valence-corrected chi connectivity index (χ1v) is 14.2. The molecule has 1 aliphatic carbocycles. The first kappa shape index (κ1) is 23.8. The van der Waals surface area contributed by atoms with E-state index in [1.807, 2.05) is 13.0 Å². The van der Waals surface area contributed by atoms with E-state index in [4.69, 9.17) is 4.98 Å². The van der Waals surface area contributed by atoms with Crippen molar-refractivity contribution in [2.24, 2.45) is 11.8 Å². The number of carboxylic acid groups (broad SMARTS) is 1. The van der Waals surface area contributed by atoms with Gasteiger partial charge in [0, 0.05) is 42.2 Å². The van der Waals surface area contributed by atoms with Gasteiger partial charge in [0.1, 0.15) is 15.5 Å². The summed E-state index contributed by atoms with van der Waals surface area (Å²) in [4.78, 5) is 36.2. The number of nitrogens with zero attached hydrogens (tertiary/aromatic N) is 3. The second-order valence-corrected chi connectivity index (χ2v) is 12.1. The van der Waals surface area contributed by atoms with E-state index in [9.17, 15) is 14.7 Å². The largest absolute Gasteiger partial charge is 0.465 e. The number of aromatic nitrogens is 2. The number of pyridine rings is 1. The molecule has 5 heterocycles. The highest BCUT2D eigenvalue weighted by atomic mass is 32.1. The van der Waals surface area contributed by atoms with E-state index in [-0.39, 0.29) is 11.9 Å². The average Bonchev–Trinajstić information content (AvgIpc) is 3.60.